The SMILES string of the molecule is CC(C)(C)Oc1ccc(NC(=O)c2cccnc2)cc1. The predicted octanol–water partition coefficient (Wildman–Crippen LogP) is 3.51. The van der Waals surface area contributed by atoms with Crippen molar-refractivity contribution in [2.24, 2.45) is 0 Å². The van der Waals surface area contributed by atoms with Gasteiger partial charge in [-0.15, -0.1) is 0 Å². The number of nitrogens with zero attached hydrogens (tertiary/aromatic N) is 1. The van der Waals surface area contributed by atoms with Crippen molar-refractivity contribution in [2.75, 3.05) is 5.32 Å². The summed E-state index contributed by atoms with van der Waals surface area (Å²) in [4.78, 5) is 15.9. The maximum Gasteiger partial charge on any atom is 0.257 e. The molecule has 1 aromatic carbocycles. The van der Waals surface area contributed by atoms with E-state index in [2.05, 4.69) is 10.3 Å². The molecule has 0 radical (unpaired) electrons. The molecular formula is C16H18N2O2. The molecule has 20 heavy (non-hydrogen) atoms. The molecule has 1 heterocycles. The Morgan fingerprint density at radius 3 is 2.40 bits per heavy atom. The second kappa shape index (κ2) is 5.74. The maximum atomic E-state index is 11.9. The van der Waals surface area contributed by atoms with E-state index in [9.17, 15) is 4.79 Å². The fourth-order valence-corrected chi connectivity index (χ4v) is 1.66. The van der Waals surface area contributed by atoms with E-state index in [1.54, 1.807) is 18.3 Å². The molecule has 4 nitrogen and oxygen atoms in total. The Hall–Kier alpha value is -2.36. The van der Waals surface area contributed by atoms with Crippen LogP contribution in [-0.4, -0.2) is 16.5 Å². The van der Waals surface area contributed by atoms with Crippen LogP contribution in [0.5, 0.6) is 5.75 Å². The topological polar surface area (TPSA) is 51.2 Å². The summed E-state index contributed by atoms with van der Waals surface area (Å²) in [7, 11) is 0. The van der Waals surface area contributed by atoms with Gasteiger partial charge in [-0.3, -0.25) is 9.78 Å². The second-order valence-electron chi connectivity index (χ2n) is 5.43. The number of anilines is 1. The number of amides is 1. The highest BCUT2D eigenvalue weighted by molar-refractivity contribution is 6.04. The maximum absolute atomic E-state index is 11.9. The molecule has 104 valence electrons. The van der Waals surface area contributed by atoms with Crippen LogP contribution in [0.25, 0.3) is 0 Å². The zero-order chi connectivity index (χ0) is 14.6. The van der Waals surface area contributed by atoms with Crippen molar-refractivity contribution in [3.63, 3.8) is 0 Å². The van der Waals surface area contributed by atoms with Gasteiger partial charge >= 0.3 is 0 Å². The lowest BCUT2D eigenvalue weighted by Gasteiger charge is -2.21. The first-order chi connectivity index (χ1) is 9.44. The molecule has 0 spiro atoms. The Bertz CT molecular complexity index is 572. The van der Waals surface area contributed by atoms with Gasteiger partial charge in [-0.1, -0.05) is 0 Å². The summed E-state index contributed by atoms with van der Waals surface area (Å²) in [6, 6.07) is 10.8. The molecule has 1 amide bonds. The average Bonchev–Trinajstić information content (AvgIpc) is 2.40. The van der Waals surface area contributed by atoms with Gasteiger partial charge in [0.25, 0.3) is 5.91 Å². The minimum Gasteiger partial charge on any atom is -0.488 e. The van der Waals surface area contributed by atoms with Crippen molar-refractivity contribution in [1.82, 2.24) is 4.98 Å². The number of carbonyl (C=O) groups excluding carboxylic acids is 1. The van der Waals surface area contributed by atoms with Gasteiger partial charge in [0.1, 0.15) is 11.4 Å². The molecule has 0 saturated heterocycles. The highest BCUT2D eigenvalue weighted by Gasteiger charge is 2.11. The summed E-state index contributed by atoms with van der Waals surface area (Å²) < 4.78 is 5.72. The third-order valence-electron chi connectivity index (χ3n) is 2.46. The van der Waals surface area contributed by atoms with Crippen molar-refractivity contribution in [3.05, 3.63) is 54.4 Å². The number of nitrogens with one attached hydrogen (secondary N) is 1. The number of carbonyl (C=O) groups is 1. The molecule has 1 aromatic heterocycles. The first-order valence-electron chi connectivity index (χ1n) is 6.44. The largest absolute Gasteiger partial charge is 0.488 e. The fraction of sp³-hybridized carbons (Fsp3) is 0.250. The van der Waals surface area contributed by atoms with Crippen molar-refractivity contribution >= 4 is 11.6 Å². The van der Waals surface area contributed by atoms with Crippen molar-refractivity contribution in [3.8, 4) is 5.75 Å². The smallest absolute Gasteiger partial charge is 0.257 e. The van der Waals surface area contributed by atoms with Crippen LogP contribution in [0.4, 0.5) is 5.69 Å². The van der Waals surface area contributed by atoms with E-state index < -0.39 is 0 Å². The molecule has 0 aliphatic carbocycles. The molecule has 0 bridgehead atoms. The van der Waals surface area contributed by atoms with Crippen LogP contribution >= 0.6 is 0 Å². The Labute approximate surface area is 118 Å². The number of pyridine rings is 1. The van der Waals surface area contributed by atoms with Crippen molar-refractivity contribution < 1.29 is 9.53 Å². The summed E-state index contributed by atoms with van der Waals surface area (Å²) >= 11 is 0. The number of hydrogen-bond donors (Lipinski definition) is 1. The zero-order valence-electron chi connectivity index (χ0n) is 11.9. The molecule has 0 saturated carbocycles. The van der Waals surface area contributed by atoms with E-state index in [1.807, 2.05) is 45.0 Å². The van der Waals surface area contributed by atoms with E-state index in [4.69, 9.17) is 4.74 Å². The lowest BCUT2D eigenvalue weighted by atomic mass is 10.2. The van der Waals surface area contributed by atoms with Crippen LogP contribution in [0.2, 0.25) is 0 Å². The highest BCUT2D eigenvalue weighted by Crippen LogP contribution is 2.20. The van der Waals surface area contributed by atoms with Gasteiger partial charge < -0.3 is 10.1 Å². The minimum absolute atomic E-state index is 0.178. The number of hydrogen-bond acceptors (Lipinski definition) is 3. The van der Waals surface area contributed by atoms with E-state index in [-0.39, 0.29) is 11.5 Å². The monoisotopic (exact) mass is 270 g/mol. The predicted molar refractivity (Wildman–Crippen MR) is 79.0 cm³/mol. The van der Waals surface area contributed by atoms with E-state index >= 15 is 0 Å². The lowest BCUT2D eigenvalue weighted by Crippen LogP contribution is -2.22. The molecule has 0 atom stereocenters. The standard InChI is InChI=1S/C16H18N2O2/c1-16(2,3)20-14-8-6-13(7-9-14)18-15(19)12-5-4-10-17-11-12/h4-11H,1-3H3,(H,18,19). The number of aromatic nitrogens is 1. The zero-order valence-corrected chi connectivity index (χ0v) is 11.9. The van der Waals surface area contributed by atoms with Gasteiger partial charge in [-0.25, -0.2) is 0 Å². The molecule has 0 fully saturated rings. The molecule has 2 aromatic rings. The van der Waals surface area contributed by atoms with Gasteiger partial charge in [-0.05, 0) is 57.2 Å². The Morgan fingerprint density at radius 2 is 1.85 bits per heavy atom. The highest BCUT2D eigenvalue weighted by atomic mass is 16.5. The second-order valence-corrected chi connectivity index (χ2v) is 5.43. The summed E-state index contributed by atoms with van der Waals surface area (Å²) in [5.41, 5.74) is 1.02. The fourth-order valence-electron chi connectivity index (χ4n) is 1.66. The quantitative estimate of drug-likeness (QED) is 0.928. The summed E-state index contributed by atoms with van der Waals surface area (Å²) in [5, 5.41) is 2.81. The first-order valence-corrected chi connectivity index (χ1v) is 6.44. The van der Waals surface area contributed by atoms with Crippen LogP contribution < -0.4 is 10.1 Å². The number of ether oxygens (including phenoxy) is 1. The number of rotatable bonds is 3. The van der Waals surface area contributed by atoms with Crippen LogP contribution in [0.3, 0.4) is 0 Å². The van der Waals surface area contributed by atoms with Gasteiger partial charge in [0.15, 0.2) is 0 Å². The van der Waals surface area contributed by atoms with Gasteiger partial charge in [0.05, 0.1) is 5.56 Å². The van der Waals surface area contributed by atoms with Gasteiger partial charge in [0, 0.05) is 18.1 Å². The lowest BCUT2D eigenvalue weighted by molar-refractivity contribution is 0.102. The third-order valence-corrected chi connectivity index (χ3v) is 2.46. The van der Waals surface area contributed by atoms with Crippen molar-refractivity contribution in [2.45, 2.75) is 26.4 Å². The van der Waals surface area contributed by atoms with E-state index in [1.165, 1.54) is 6.20 Å². The average molecular weight is 270 g/mol. The van der Waals surface area contributed by atoms with Crippen LogP contribution in [0, 0.1) is 0 Å². The molecule has 0 aliphatic rings. The molecule has 0 aliphatic heterocycles. The Morgan fingerprint density at radius 1 is 1.15 bits per heavy atom. The normalized spacial score (nSPS) is 10.9. The van der Waals surface area contributed by atoms with E-state index in [0.29, 0.717) is 5.56 Å². The first kappa shape index (κ1) is 14.1. The van der Waals surface area contributed by atoms with Crippen LogP contribution in [0.1, 0.15) is 31.1 Å². The summed E-state index contributed by atoms with van der Waals surface area (Å²) in [5.74, 6) is 0.597. The number of benzene rings is 1. The summed E-state index contributed by atoms with van der Waals surface area (Å²) in [6.45, 7) is 5.97. The molecule has 0 unspecified atom stereocenters. The Kier molecular flexibility index (Phi) is 4.03. The molecular weight excluding hydrogens is 252 g/mol. The van der Waals surface area contributed by atoms with Crippen LogP contribution in [-0.2, 0) is 0 Å². The van der Waals surface area contributed by atoms with Gasteiger partial charge in [0.2, 0.25) is 0 Å². The van der Waals surface area contributed by atoms with Crippen molar-refractivity contribution in [1.29, 1.82) is 0 Å². The summed E-state index contributed by atoms with van der Waals surface area (Å²) in [6.07, 6.45) is 3.17. The minimum atomic E-state index is -0.236. The molecule has 4 heteroatoms. The molecule has 2 rings (SSSR count). The Balaban J connectivity index is 2.02. The van der Waals surface area contributed by atoms with Crippen LogP contribution in [0.15, 0.2) is 48.8 Å². The van der Waals surface area contributed by atoms with E-state index in [0.717, 1.165) is 11.4 Å². The third kappa shape index (κ3) is 4.09. The van der Waals surface area contributed by atoms with Gasteiger partial charge in [-0.2, -0.15) is 0 Å². The molecule has 1 N–H and O–H groups in total.